The highest BCUT2D eigenvalue weighted by Crippen LogP contribution is 2.19. The summed E-state index contributed by atoms with van der Waals surface area (Å²) in [6.45, 7) is 0. The Morgan fingerprint density at radius 1 is 0.917 bits per heavy atom. The third-order valence-electron chi connectivity index (χ3n) is 3.62. The number of urea groups is 1. The van der Waals surface area contributed by atoms with Gasteiger partial charge in [0.15, 0.2) is 0 Å². The molecule has 0 unspecified atom stereocenters. The summed E-state index contributed by atoms with van der Waals surface area (Å²) in [4.78, 5) is 23.7. The molecule has 0 bridgehead atoms. The van der Waals surface area contributed by atoms with Gasteiger partial charge in [-0.05, 0) is 54.8 Å². The molecule has 124 valence electrons. The molecule has 5 nitrogen and oxygen atoms in total. The average molecular weight is 344 g/mol. The molecule has 1 aliphatic carbocycles. The summed E-state index contributed by atoms with van der Waals surface area (Å²) in [5, 5.41) is 9.09. The highest BCUT2D eigenvalue weighted by Gasteiger charge is 2.23. The molecule has 0 atom stereocenters. The molecule has 24 heavy (non-hydrogen) atoms. The Bertz CT molecular complexity index is 725. The van der Waals surface area contributed by atoms with Crippen molar-refractivity contribution in [2.24, 2.45) is 0 Å². The molecule has 0 aromatic heterocycles. The van der Waals surface area contributed by atoms with E-state index in [1.54, 1.807) is 36.4 Å². The topological polar surface area (TPSA) is 70.2 Å². The molecule has 3 N–H and O–H groups in total. The normalized spacial score (nSPS) is 13.2. The summed E-state index contributed by atoms with van der Waals surface area (Å²) >= 11 is 5.82. The molecule has 0 radical (unpaired) electrons. The average Bonchev–Trinajstić information content (AvgIpc) is 3.35. The predicted molar refractivity (Wildman–Crippen MR) is 95.4 cm³/mol. The van der Waals surface area contributed by atoms with Crippen LogP contribution < -0.4 is 16.0 Å². The number of amides is 3. The van der Waals surface area contributed by atoms with Gasteiger partial charge >= 0.3 is 6.03 Å². The van der Waals surface area contributed by atoms with Crippen LogP contribution in [-0.4, -0.2) is 18.0 Å². The minimum absolute atomic E-state index is 0.107. The summed E-state index contributed by atoms with van der Waals surface area (Å²) in [5.74, 6) is -0.107. The minimum Gasteiger partial charge on any atom is -0.335 e. The Kier molecular flexibility index (Phi) is 5.01. The minimum atomic E-state index is -0.197. The Morgan fingerprint density at radius 3 is 2.08 bits per heavy atom. The van der Waals surface area contributed by atoms with Gasteiger partial charge in [0.2, 0.25) is 5.91 Å². The SMILES string of the molecule is O=C(Cc1ccc(Cl)cc1)Nc1ccc(NC(=O)NC2CC2)cc1. The van der Waals surface area contributed by atoms with Crippen LogP contribution in [0.4, 0.5) is 16.2 Å². The number of nitrogens with one attached hydrogen (secondary N) is 3. The summed E-state index contributed by atoms with van der Waals surface area (Å²) < 4.78 is 0. The predicted octanol–water partition coefficient (Wildman–Crippen LogP) is 3.81. The number of benzene rings is 2. The molecular formula is C18H18ClN3O2. The van der Waals surface area contributed by atoms with Crippen molar-refractivity contribution in [3.05, 3.63) is 59.1 Å². The van der Waals surface area contributed by atoms with E-state index < -0.39 is 0 Å². The van der Waals surface area contributed by atoms with Gasteiger partial charge < -0.3 is 16.0 Å². The molecule has 3 amide bonds. The first-order valence-electron chi connectivity index (χ1n) is 7.80. The van der Waals surface area contributed by atoms with Crippen LogP contribution in [0.25, 0.3) is 0 Å². The van der Waals surface area contributed by atoms with Crippen molar-refractivity contribution >= 4 is 34.9 Å². The van der Waals surface area contributed by atoms with Crippen molar-refractivity contribution in [3.8, 4) is 0 Å². The van der Waals surface area contributed by atoms with Crippen molar-refractivity contribution in [3.63, 3.8) is 0 Å². The van der Waals surface area contributed by atoms with Crippen LogP contribution in [0.15, 0.2) is 48.5 Å². The molecular weight excluding hydrogens is 326 g/mol. The summed E-state index contributed by atoms with van der Waals surface area (Å²) in [7, 11) is 0. The van der Waals surface area contributed by atoms with Gasteiger partial charge in [-0.15, -0.1) is 0 Å². The van der Waals surface area contributed by atoms with E-state index in [4.69, 9.17) is 11.6 Å². The van der Waals surface area contributed by atoms with Gasteiger partial charge in [0.05, 0.1) is 6.42 Å². The summed E-state index contributed by atoms with van der Waals surface area (Å²) in [6, 6.07) is 14.3. The smallest absolute Gasteiger partial charge is 0.319 e. The van der Waals surface area contributed by atoms with E-state index in [0.29, 0.717) is 22.4 Å². The van der Waals surface area contributed by atoms with E-state index in [-0.39, 0.29) is 18.4 Å². The number of hydrogen-bond donors (Lipinski definition) is 3. The van der Waals surface area contributed by atoms with Gasteiger partial charge in [-0.25, -0.2) is 4.79 Å². The Balaban J connectivity index is 1.50. The van der Waals surface area contributed by atoms with Crippen molar-refractivity contribution in [2.75, 3.05) is 10.6 Å². The maximum atomic E-state index is 12.0. The first-order valence-corrected chi connectivity index (χ1v) is 8.18. The van der Waals surface area contributed by atoms with E-state index in [2.05, 4.69) is 16.0 Å². The number of anilines is 2. The number of rotatable bonds is 5. The molecule has 2 aromatic rings. The fraction of sp³-hybridized carbons (Fsp3) is 0.222. The maximum absolute atomic E-state index is 12.0. The second-order valence-electron chi connectivity index (χ2n) is 5.80. The first kappa shape index (κ1) is 16.3. The zero-order chi connectivity index (χ0) is 16.9. The molecule has 0 spiro atoms. The third kappa shape index (κ3) is 4.99. The van der Waals surface area contributed by atoms with Gasteiger partial charge in [0.1, 0.15) is 0 Å². The fourth-order valence-electron chi connectivity index (χ4n) is 2.21. The summed E-state index contributed by atoms with van der Waals surface area (Å²) in [6.07, 6.45) is 2.37. The molecule has 0 aliphatic heterocycles. The highest BCUT2D eigenvalue weighted by molar-refractivity contribution is 6.30. The van der Waals surface area contributed by atoms with Crippen LogP contribution in [-0.2, 0) is 11.2 Å². The highest BCUT2D eigenvalue weighted by atomic mass is 35.5. The number of halogens is 1. The van der Waals surface area contributed by atoms with E-state index in [1.807, 2.05) is 12.1 Å². The molecule has 1 fully saturated rings. The third-order valence-corrected chi connectivity index (χ3v) is 3.87. The lowest BCUT2D eigenvalue weighted by Crippen LogP contribution is -2.30. The van der Waals surface area contributed by atoms with Crippen molar-refractivity contribution in [1.82, 2.24) is 5.32 Å². The van der Waals surface area contributed by atoms with Crippen LogP contribution in [0.1, 0.15) is 18.4 Å². The lowest BCUT2D eigenvalue weighted by Gasteiger charge is -2.09. The zero-order valence-corrected chi connectivity index (χ0v) is 13.8. The molecule has 3 rings (SSSR count). The van der Waals surface area contributed by atoms with Crippen molar-refractivity contribution in [1.29, 1.82) is 0 Å². The second-order valence-corrected chi connectivity index (χ2v) is 6.24. The van der Waals surface area contributed by atoms with Gasteiger partial charge in [-0.2, -0.15) is 0 Å². The van der Waals surface area contributed by atoms with Gasteiger partial charge in [0, 0.05) is 22.4 Å². The number of carbonyl (C=O) groups is 2. The quantitative estimate of drug-likeness (QED) is 0.772. The van der Waals surface area contributed by atoms with Crippen molar-refractivity contribution < 1.29 is 9.59 Å². The maximum Gasteiger partial charge on any atom is 0.319 e. The van der Waals surface area contributed by atoms with Crippen LogP contribution >= 0.6 is 11.6 Å². The molecule has 6 heteroatoms. The largest absolute Gasteiger partial charge is 0.335 e. The first-order chi connectivity index (χ1) is 11.6. The molecule has 2 aromatic carbocycles. The number of carbonyl (C=O) groups excluding carboxylic acids is 2. The van der Waals surface area contributed by atoms with E-state index in [9.17, 15) is 9.59 Å². The molecule has 1 saturated carbocycles. The Morgan fingerprint density at radius 2 is 1.50 bits per heavy atom. The monoisotopic (exact) mass is 343 g/mol. The van der Waals surface area contributed by atoms with Gasteiger partial charge in [-0.1, -0.05) is 23.7 Å². The summed E-state index contributed by atoms with van der Waals surface area (Å²) in [5.41, 5.74) is 2.26. The molecule has 1 aliphatic rings. The van der Waals surface area contributed by atoms with Crippen LogP contribution in [0.3, 0.4) is 0 Å². The van der Waals surface area contributed by atoms with E-state index >= 15 is 0 Å². The van der Waals surface area contributed by atoms with Crippen LogP contribution in [0.5, 0.6) is 0 Å². The van der Waals surface area contributed by atoms with Gasteiger partial charge in [0.25, 0.3) is 0 Å². The number of hydrogen-bond acceptors (Lipinski definition) is 2. The second kappa shape index (κ2) is 7.36. The lowest BCUT2D eigenvalue weighted by molar-refractivity contribution is -0.115. The Hall–Kier alpha value is -2.53. The van der Waals surface area contributed by atoms with E-state index in [0.717, 1.165) is 18.4 Å². The van der Waals surface area contributed by atoms with Crippen LogP contribution in [0, 0.1) is 0 Å². The lowest BCUT2D eigenvalue weighted by atomic mass is 10.1. The zero-order valence-electron chi connectivity index (χ0n) is 13.0. The van der Waals surface area contributed by atoms with E-state index in [1.165, 1.54) is 0 Å². The molecule has 0 heterocycles. The molecule has 0 saturated heterocycles. The standard InChI is InChI=1S/C18H18ClN3O2/c19-13-3-1-12(2-4-13)11-17(23)20-14-5-7-15(8-6-14)21-18(24)22-16-9-10-16/h1-8,16H,9-11H2,(H,20,23)(H2,21,22,24). The fourth-order valence-corrected chi connectivity index (χ4v) is 2.34. The van der Waals surface area contributed by atoms with Crippen molar-refractivity contribution in [2.45, 2.75) is 25.3 Å². The van der Waals surface area contributed by atoms with Gasteiger partial charge in [-0.3, -0.25) is 4.79 Å². The van der Waals surface area contributed by atoms with Crippen LogP contribution in [0.2, 0.25) is 5.02 Å². The Labute approximate surface area is 145 Å².